The molecule has 0 aliphatic rings. The summed E-state index contributed by atoms with van der Waals surface area (Å²) >= 11 is 0. The van der Waals surface area contributed by atoms with E-state index in [2.05, 4.69) is 12.2 Å². The minimum absolute atomic E-state index is 0.0844. The molecule has 0 saturated heterocycles. The lowest BCUT2D eigenvalue weighted by molar-refractivity contribution is -0.130. The molecule has 4 nitrogen and oxygen atoms in total. The number of nitrogens with one attached hydrogen (secondary N) is 1. The zero-order chi connectivity index (χ0) is 11.1. The van der Waals surface area contributed by atoms with Crippen molar-refractivity contribution >= 4 is 5.91 Å². The van der Waals surface area contributed by atoms with E-state index in [9.17, 15) is 4.79 Å². The Balaban J connectivity index is 3.73. The molecule has 0 aromatic carbocycles. The van der Waals surface area contributed by atoms with Gasteiger partial charge in [0.05, 0.1) is 6.04 Å². The highest BCUT2D eigenvalue weighted by Crippen LogP contribution is 1.99. The molecule has 0 spiro atoms. The maximum atomic E-state index is 11.4. The second-order valence-electron chi connectivity index (χ2n) is 3.98. The Kier molecular flexibility index (Phi) is 6.49. The van der Waals surface area contributed by atoms with E-state index in [-0.39, 0.29) is 18.6 Å². The van der Waals surface area contributed by atoms with Crippen LogP contribution in [0.1, 0.15) is 20.3 Å². The van der Waals surface area contributed by atoms with E-state index in [4.69, 9.17) is 5.11 Å². The number of hydrogen-bond acceptors (Lipinski definition) is 3. The number of hydrogen-bond donors (Lipinski definition) is 2. The summed E-state index contributed by atoms with van der Waals surface area (Å²) in [6, 6.07) is -0.147. The molecule has 0 saturated carbocycles. The summed E-state index contributed by atoms with van der Waals surface area (Å²) in [5.41, 5.74) is 0. The van der Waals surface area contributed by atoms with E-state index >= 15 is 0 Å². The van der Waals surface area contributed by atoms with E-state index in [0.717, 1.165) is 13.0 Å². The largest absolute Gasteiger partial charge is 0.396 e. The first-order valence-electron chi connectivity index (χ1n) is 5.04. The molecule has 0 rings (SSSR count). The van der Waals surface area contributed by atoms with Gasteiger partial charge < -0.3 is 15.3 Å². The smallest absolute Gasteiger partial charge is 0.238 e. The van der Waals surface area contributed by atoms with E-state index in [1.54, 1.807) is 19.0 Å². The van der Waals surface area contributed by atoms with E-state index in [1.807, 2.05) is 6.92 Å². The summed E-state index contributed by atoms with van der Waals surface area (Å²) in [5, 5.41) is 11.8. The molecule has 2 unspecified atom stereocenters. The van der Waals surface area contributed by atoms with Crippen LogP contribution in [0.5, 0.6) is 0 Å². The lowest BCUT2D eigenvalue weighted by atomic mass is 10.1. The van der Waals surface area contributed by atoms with Crippen LogP contribution in [0.4, 0.5) is 0 Å². The molecule has 0 aliphatic carbocycles. The van der Waals surface area contributed by atoms with Crippen molar-refractivity contribution < 1.29 is 9.90 Å². The number of amides is 1. The molecule has 0 aromatic heterocycles. The number of aliphatic hydroxyl groups excluding tert-OH is 1. The summed E-state index contributed by atoms with van der Waals surface area (Å²) in [6.07, 6.45) is 0.774. The molecule has 2 atom stereocenters. The van der Waals surface area contributed by atoms with Gasteiger partial charge >= 0.3 is 0 Å². The first-order chi connectivity index (χ1) is 6.49. The van der Waals surface area contributed by atoms with Crippen molar-refractivity contribution in [2.24, 2.45) is 5.92 Å². The summed E-state index contributed by atoms with van der Waals surface area (Å²) in [7, 11) is 3.50. The average Bonchev–Trinajstić information content (AvgIpc) is 2.13. The predicted octanol–water partition coefficient (Wildman–Crippen LogP) is 0.0712. The van der Waals surface area contributed by atoms with Crippen molar-refractivity contribution in [3.63, 3.8) is 0 Å². The highest BCUT2D eigenvalue weighted by atomic mass is 16.3. The second kappa shape index (κ2) is 6.79. The van der Waals surface area contributed by atoms with Crippen LogP contribution in [0.25, 0.3) is 0 Å². The van der Waals surface area contributed by atoms with Crippen LogP contribution >= 0.6 is 0 Å². The SMILES string of the molecule is CC(CCO)CNC(C)C(=O)N(C)C. The molecule has 2 N–H and O–H groups in total. The van der Waals surface area contributed by atoms with Crippen molar-refractivity contribution in [2.75, 3.05) is 27.2 Å². The maximum absolute atomic E-state index is 11.4. The molecule has 0 heterocycles. The summed E-state index contributed by atoms with van der Waals surface area (Å²) in [6.45, 7) is 4.88. The molecule has 0 bridgehead atoms. The van der Waals surface area contributed by atoms with E-state index in [1.165, 1.54) is 0 Å². The normalized spacial score (nSPS) is 14.9. The fourth-order valence-electron chi connectivity index (χ4n) is 1.18. The first-order valence-corrected chi connectivity index (χ1v) is 5.04. The summed E-state index contributed by atoms with van der Waals surface area (Å²) in [4.78, 5) is 13.0. The van der Waals surface area contributed by atoms with Crippen LogP contribution in [0, 0.1) is 5.92 Å². The first kappa shape index (κ1) is 13.4. The lowest BCUT2D eigenvalue weighted by Crippen LogP contribution is -2.43. The number of aliphatic hydroxyl groups is 1. The number of likely N-dealkylation sites (N-methyl/N-ethyl adjacent to an activating group) is 1. The lowest BCUT2D eigenvalue weighted by Gasteiger charge is -2.19. The Morgan fingerprint density at radius 1 is 1.43 bits per heavy atom. The van der Waals surface area contributed by atoms with Crippen LogP contribution in [-0.2, 0) is 4.79 Å². The third-order valence-electron chi connectivity index (χ3n) is 2.21. The van der Waals surface area contributed by atoms with Crippen LogP contribution in [0.15, 0.2) is 0 Å². The Morgan fingerprint density at radius 2 is 2.00 bits per heavy atom. The fourth-order valence-corrected chi connectivity index (χ4v) is 1.18. The van der Waals surface area contributed by atoms with E-state index in [0.29, 0.717) is 5.92 Å². The third-order valence-corrected chi connectivity index (χ3v) is 2.21. The van der Waals surface area contributed by atoms with Gasteiger partial charge in [0.1, 0.15) is 0 Å². The Labute approximate surface area is 86.3 Å². The average molecular weight is 202 g/mol. The molecule has 0 fully saturated rings. The molecular weight excluding hydrogens is 180 g/mol. The van der Waals surface area contributed by atoms with Gasteiger partial charge in [0.25, 0.3) is 0 Å². The Bertz CT molecular complexity index is 172. The molecule has 84 valence electrons. The quantitative estimate of drug-likeness (QED) is 0.641. The summed E-state index contributed by atoms with van der Waals surface area (Å²) in [5.74, 6) is 0.485. The van der Waals surface area contributed by atoms with Crippen molar-refractivity contribution in [2.45, 2.75) is 26.3 Å². The fraction of sp³-hybridized carbons (Fsp3) is 0.900. The number of carbonyl (C=O) groups is 1. The van der Waals surface area contributed by atoms with Gasteiger partial charge in [-0.1, -0.05) is 6.92 Å². The van der Waals surface area contributed by atoms with Crippen molar-refractivity contribution in [1.29, 1.82) is 0 Å². The third kappa shape index (κ3) is 5.19. The molecule has 0 aromatic rings. The van der Waals surface area contributed by atoms with Gasteiger partial charge in [0, 0.05) is 20.7 Å². The van der Waals surface area contributed by atoms with Gasteiger partial charge in [-0.25, -0.2) is 0 Å². The zero-order valence-corrected chi connectivity index (χ0v) is 9.58. The Hall–Kier alpha value is -0.610. The van der Waals surface area contributed by atoms with Gasteiger partial charge in [-0.05, 0) is 25.8 Å². The number of nitrogens with zero attached hydrogens (tertiary/aromatic N) is 1. The van der Waals surface area contributed by atoms with Gasteiger partial charge in [0.15, 0.2) is 0 Å². The molecule has 1 amide bonds. The molecular formula is C10H22N2O2. The maximum Gasteiger partial charge on any atom is 0.238 e. The van der Waals surface area contributed by atoms with Crippen LogP contribution in [0.3, 0.4) is 0 Å². The minimum Gasteiger partial charge on any atom is -0.396 e. The number of carbonyl (C=O) groups excluding carboxylic acids is 1. The van der Waals surface area contributed by atoms with Gasteiger partial charge in [-0.3, -0.25) is 4.79 Å². The second-order valence-corrected chi connectivity index (χ2v) is 3.98. The minimum atomic E-state index is -0.147. The molecule has 4 heteroatoms. The van der Waals surface area contributed by atoms with Crippen molar-refractivity contribution in [3.05, 3.63) is 0 Å². The monoisotopic (exact) mass is 202 g/mol. The predicted molar refractivity (Wildman–Crippen MR) is 57.0 cm³/mol. The van der Waals surface area contributed by atoms with Gasteiger partial charge in [0.2, 0.25) is 5.91 Å². The van der Waals surface area contributed by atoms with Crippen LogP contribution < -0.4 is 5.32 Å². The van der Waals surface area contributed by atoms with Gasteiger partial charge in [-0.2, -0.15) is 0 Å². The Morgan fingerprint density at radius 3 is 2.43 bits per heavy atom. The zero-order valence-electron chi connectivity index (χ0n) is 9.58. The van der Waals surface area contributed by atoms with Gasteiger partial charge in [-0.15, -0.1) is 0 Å². The molecule has 0 aliphatic heterocycles. The van der Waals surface area contributed by atoms with Crippen molar-refractivity contribution in [1.82, 2.24) is 10.2 Å². The molecule has 0 radical (unpaired) electrons. The van der Waals surface area contributed by atoms with E-state index < -0.39 is 0 Å². The highest BCUT2D eigenvalue weighted by molar-refractivity contribution is 5.80. The highest BCUT2D eigenvalue weighted by Gasteiger charge is 2.14. The number of rotatable bonds is 6. The molecule has 14 heavy (non-hydrogen) atoms. The van der Waals surface area contributed by atoms with Crippen LogP contribution in [-0.4, -0.2) is 49.2 Å². The standard InChI is InChI=1S/C10H22N2O2/c1-8(5-6-13)7-11-9(2)10(14)12(3)4/h8-9,11,13H,5-7H2,1-4H3. The summed E-state index contributed by atoms with van der Waals surface area (Å²) < 4.78 is 0. The topological polar surface area (TPSA) is 52.6 Å². The van der Waals surface area contributed by atoms with Crippen molar-refractivity contribution in [3.8, 4) is 0 Å². The van der Waals surface area contributed by atoms with Crippen LogP contribution in [0.2, 0.25) is 0 Å².